The van der Waals surface area contributed by atoms with E-state index in [0.29, 0.717) is 27.6 Å². The second-order valence-corrected chi connectivity index (χ2v) is 5.50. The number of thiophene rings is 1. The maximum Gasteiger partial charge on any atom is 0.350 e. The SMILES string of the molecule is COC(=O)c1sccc1NC(=O)/C=C/c1cc(OC)ccc1OC. The van der Waals surface area contributed by atoms with Gasteiger partial charge in [0.2, 0.25) is 5.91 Å². The highest BCUT2D eigenvalue weighted by Crippen LogP contribution is 2.26. The van der Waals surface area contributed by atoms with Crippen molar-refractivity contribution in [2.24, 2.45) is 0 Å². The predicted molar refractivity (Wildman–Crippen MR) is 92.9 cm³/mol. The molecule has 0 bridgehead atoms. The summed E-state index contributed by atoms with van der Waals surface area (Å²) in [6, 6.07) is 6.93. The minimum Gasteiger partial charge on any atom is -0.497 e. The normalized spacial score (nSPS) is 10.5. The van der Waals surface area contributed by atoms with Crippen LogP contribution in [0.25, 0.3) is 6.08 Å². The molecule has 0 radical (unpaired) electrons. The summed E-state index contributed by atoms with van der Waals surface area (Å²) >= 11 is 1.20. The van der Waals surface area contributed by atoms with E-state index in [9.17, 15) is 9.59 Å². The molecule has 2 rings (SSSR count). The fraction of sp³-hybridized carbons (Fsp3) is 0.176. The molecule has 0 fully saturated rings. The molecular weight excluding hydrogens is 330 g/mol. The van der Waals surface area contributed by atoms with Gasteiger partial charge in [0.25, 0.3) is 0 Å². The van der Waals surface area contributed by atoms with Gasteiger partial charge in [0, 0.05) is 11.6 Å². The van der Waals surface area contributed by atoms with Crippen molar-refractivity contribution in [3.05, 3.63) is 46.2 Å². The van der Waals surface area contributed by atoms with Crippen LogP contribution in [0.5, 0.6) is 11.5 Å². The molecule has 126 valence electrons. The summed E-state index contributed by atoms with van der Waals surface area (Å²) < 4.78 is 15.1. The number of hydrogen-bond donors (Lipinski definition) is 1. The lowest BCUT2D eigenvalue weighted by Crippen LogP contribution is -2.10. The van der Waals surface area contributed by atoms with Gasteiger partial charge < -0.3 is 19.5 Å². The van der Waals surface area contributed by atoms with Crippen LogP contribution in [0.15, 0.2) is 35.7 Å². The highest BCUT2D eigenvalue weighted by atomic mass is 32.1. The van der Waals surface area contributed by atoms with E-state index in [-0.39, 0.29) is 5.91 Å². The number of esters is 1. The van der Waals surface area contributed by atoms with E-state index in [1.807, 2.05) is 0 Å². The summed E-state index contributed by atoms with van der Waals surface area (Å²) in [6.07, 6.45) is 2.97. The van der Waals surface area contributed by atoms with Gasteiger partial charge in [-0.2, -0.15) is 0 Å². The van der Waals surface area contributed by atoms with E-state index < -0.39 is 5.97 Å². The first-order chi connectivity index (χ1) is 11.6. The zero-order valence-electron chi connectivity index (χ0n) is 13.5. The molecular formula is C17H17NO5S. The van der Waals surface area contributed by atoms with Crippen molar-refractivity contribution in [3.63, 3.8) is 0 Å². The number of nitrogens with one attached hydrogen (secondary N) is 1. The monoisotopic (exact) mass is 347 g/mol. The van der Waals surface area contributed by atoms with Crippen molar-refractivity contribution < 1.29 is 23.8 Å². The Bertz CT molecular complexity index is 766. The Labute approximate surface area is 143 Å². The van der Waals surface area contributed by atoms with Gasteiger partial charge in [0.15, 0.2) is 0 Å². The largest absolute Gasteiger partial charge is 0.497 e. The van der Waals surface area contributed by atoms with Gasteiger partial charge in [-0.05, 0) is 35.7 Å². The Morgan fingerprint density at radius 3 is 2.58 bits per heavy atom. The number of anilines is 1. The maximum atomic E-state index is 12.1. The molecule has 24 heavy (non-hydrogen) atoms. The molecule has 0 atom stereocenters. The van der Waals surface area contributed by atoms with Gasteiger partial charge in [0.1, 0.15) is 16.4 Å². The average Bonchev–Trinajstić information content (AvgIpc) is 3.06. The van der Waals surface area contributed by atoms with E-state index >= 15 is 0 Å². The smallest absolute Gasteiger partial charge is 0.350 e. The molecule has 0 unspecified atom stereocenters. The summed E-state index contributed by atoms with van der Waals surface area (Å²) in [7, 11) is 4.41. The molecule has 0 aliphatic carbocycles. The molecule has 0 saturated heterocycles. The quantitative estimate of drug-likeness (QED) is 0.642. The molecule has 7 heteroatoms. The van der Waals surface area contributed by atoms with E-state index in [4.69, 9.17) is 9.47 Å². The minimum absolute atomic E-state index is 0.346. The van der Waals surface area contributed by atoms with Crippen LogP contribution in [0.2, 0.25) is 0 Å². The fourth-order valence-corrected chi connectivity index (χ4v) is 2.73. The summed E-state index contributed by atoms with van der Waals surface area (Å²) in [5.41, 5.74) is 1.12. The van der Waals surface area contributed by atoms with Crippen molar-refractivity contribution in [2.75, 3.05) is 26.6 Å². The first kappa shape index (κ1) is 17.6. The number of hydrogen-bond acceptors (Lipinski definition) is 6. The van der Waals surface area contributed by atoms with Crippen LogP contribution in [-0.4, -0.2) is 33.2 Å². The molecule has 0 saturated carbocycles. The van der Waals surface area contributed by atoms with E-state index in [1.54, 1.807) is 49.9 Å². The molecule has 0 spiro atoms. The van der Waals surface area contributed by atoms with Crippen LogP contribution < -0.4 is 14.8 Å². The molecule has 1 aromatic heterocycles. The second-order valence-electron chi connectivity index (χ2n) is 4.59. The lowest BCUT2D eigenvalue weighted by Gasteiger charge is -2.07. The summed E-state index contributed by atoms with van der Waals surface area (Å²) in [5, 5.41) is 4.36. The Hall–Kier alpha value is -2.80. The van der Waals surface area contributed by atoms with Gasteiger partial charge in [-0.3, -0.25) is 4.79 Å². The lowest BCUT2D eigenvalue weighted by atomic mass is 10.1. The van der Waals surface area contributed by atoms with Gasteiger partial charge in [-0.15, -0.1) is 11.3 Å². The minimum atomic E-state index is -0.487. The third kappa shape index (κ3) is 4.14. The van der Waals surface area contributed by atoms with E-state index in [2.05, 4.69) is 10.1 Å². The van der Waals surface area contributed by atoms with Crippen molar-refractivity contribution in [3.8, 4) is 11.5 Å². The summed E-state index contributed by atoms with van der Waals surface area (Å²) in [5.74, 6) is 0.412. The lowest BCUT2D eigenvalue weighted by molar-refractivity contribution is -0.111. The Kier molecular flexibility index (Phi) is 5.97. The van der Waals surface area contributed by atoms with Gasteiger partial charge in [-0.1, -0.05) is 0 Å². The first-order valence-corrected chi connectivity index (χ1v) is 7.84. The molecule has 1 aromatic carbocycles. The Morgan fingerprint density at radius 2 is 1.92 bits per heavy atom. The Balaban J connectivity index is 2.14. The van der Waals surface area contributed by atoms with Crippen LogP contribution >= 0.6 is 11.3 Å². The summed E-state index contributed by atoms with van der Waals surface area (Å²) in [4.78, 5) is 24.0. The van der Waals surface area contributed by atoms with Crippen molar-refractivity contribution in [1.29, 1.82) is 0 Å². The molecule has 1 amide bonds. The molecule has 0 aliphatic rings. The number of carbonyl (C=O) groups is 2. The van der Waals surface area contributed by atoms with Crippen LogP contribution in [-0.2, 0) is 9.53 Å². The number of ether oxygens (including phenoxy) is 3. The molecule has 6 nitrogen and oxygen atoms in total. The van der Waals surface area contributed by atoms with Crippen LogP contribution in [0.4, 0.5) is 5.69 Å². The van der Waals surface area contributed by atoms with Crippen LogP contribution in [0, 0.1) is 0 Å². The highest BCUT2D eigenvalue weighted by molar-refractivity contribution is 7.12. The number of methoxy groups -OCH3 is 3. The van der Waals surface area contributed by atoms with Crippen molar-refractivity contribution in [2.45, 2.75) is 0 Å². The number of carbonyl (C=O) groups excluding carboxylic acids is 2. The summed E-state index contributed by atoms with van der Waals surface area (Å²) in [6.45, 7) is 0. The first-order valence-electron chi connectivity index (χ1n) is 6.96. The van der Waals surface area contributed by atoms with Crippen molar-refractivity contribution >= 4 is 35.0 Å². The van der Waals surface area contributed by atoms with Crippen LogP contribution in [0.3, 0.4) is 0 Å². The van der Waals surface area contributed by atoms with Gasteiger partial charge in [-0.25, -0.2) is 4.79 Å². The fourth-order valence-electron chi connectivity index (χ4n) is 1.97. The zero-order valence-corrected chi connectivity index (χ0v) is 14.3. The maximum absolute atomic E-state index is 12.1. The third-order valence-corrected chi connectivity index (χ3v) is 4.04. The number of benzene rings is 1. The molecule has 0 aliphatic heterocycles. The van der Waals surface area contributed by atoms with E-state index in [0.717, 1.165) is 0 Å². The predicted octanol–water partition coefficient (Wildman–Crippen LogP) is 3.20. The van der Waals surface area contributed by atoms with Gasteiger partial charge in [0.05, 0.1) is 27.0 Å². The highest BCUT2D eigenvalue weighted by Gasteiger charge is 2.14. The number of amides is 1. The molecule has 1 N–H and O–H groups in total. The Morgan fingerprint density at radius 1 is 1.12 bits per heavy atom. The van der Waals surface area contributed by atoms with E-state index in [1.165, 1.54) is 24.5 Å². The topological polar surface area (TPSA) is 73.9 Å². The molecule has 1 heterocycles. The van der Waals surface area contributed by atoms with Gasteiger partial charge >= 0.3 is 5.97 Å². The zero-order chi connectivity index (χ0) is 17.5. The number of rotatable bonds is 6. The van der Waals surface area contributed by atoms with Crippen molar-refractivity contribution in [1.82, 2.24) is 0 Å². The molecule has 2 aromatic rings. The van der Waals surface area contributed by atoms with Crippen LogP contribution in [0.1, 0.15) is 15.2 Å². The third-order valence-electron chi connectivity index (χ3n) is 3.15. The second kappa shape index (κ2) is 8.16. The standard InChI is InChI=1S/C17H17NO5S/c1-21-12-5-6-14(22-2)11(10-12)4-7-15(19)18-13-8-9-24-16(13)17(20)23-3/h4-10H,1-3H3,(H,18,19)/b7-4+. The average molecular weight is 347 g/mol.